The molecule has 57 valence electrons. The van der Waals surface area contributed by atoms with Gasteiger partial charge in [-0.05, 0) is 13.8 Å². The molecule has 0 aliphatic heterocycles. The molecule has 4 nitrogen and oxygen atoms in total. The highest BCUT2D eigenvalue weighted by molar-refractivity contribution is 5.83. The van der Waals surface area contributed by atoms with Crippen molar-refractivity contribution in [2.75, 3.05) is 6.54 Å². The molecule has 2 N–H and O–H groups in total. The van der Waals surface area contributed by atoms with E-state index in [9.17, 15) is 9.59 Å². The van der Waals surface area contributed by atoms with Gasteiger partial charge in [0.1, 0.15) is 6.04 Å². The van der Waals surface area contributed by atoms with E-state index in [2.05, 4.69) is 10.6 Å². The minimum atomic E-state index is -0.488. The van der Waals surface area contributed by atoms with Gasteiger partial charge < -0.3 is 10.6 Å². The van der Waals surface area contributed by atoms with Crippen LogP contribution in [0.2, 0.25) is 0 Å². The first-order valence-electron chi connectivity index (χ1n) is 3.12. The van der Waals surface area contributed by atoms with Crippen LogP contribution in [0.25, 0.3) is 0 Å². The van der Waals surface area contributed by atoms with E-state index in [-0.39, 0.29) is 5.91 Å². The van der Waals surface area contributed by atoms with Gasteiger partial charge in [0.05, 0.1) is 0 Å². The van der Waals surface area contributed by atoms with Crippen molar-refractivity contribution < 1.29 is 9.59 Å². The summed E-state index contributed by atoms with van der Waals surface area (Å²) < 4.78 is 0. The summed E-state index contributed by atoms with van der Waals surface area (Å²) in [5, 5.41) is 4.76. The van der Waals surface area contributed by atoms with E-state index < -0.39 is 6.04 Å². The SMILES string of the molecule is CCNC(=O)C(C)N[C]=O. The van der Waals surface area contributed by atoms with Crippen LogP contribution in [0.4, 0.5) is 0 Å². The Morgan fingerprint density at radius 2 is 2.30 bits per heavy atom. The maximum Gasteiger partial charge on any atom is 0.309 e. The fourth-order valence-corrected chi connectivity index (χ4v) is 0.481. The van der Waals surface area contributed by atoms with E-state index >= 15 is 0 Å². The molecule has 0 aliphatic carbocycles. The smallest absolute Gasteiger partial charge is 0.309 e. The first-order chi connectivity index (χ1) is 4.72. The van der Waals surface area contributed by atoms with Crippen LogP contribution in [-0.2, 0) is 9.59 Å². The van der Waals surface area contributed by atoms with Crippen molar-refractivity contribution in [2.24, 2.45) is 0 Å². The average molecular weight is 143 g/mol. The van der Waals surface area contributed by atoms with Crippen molar-refractivity contribution >= 4 is 12.3 Å². The van der Waals surface area contributed by atoms with Gasteiger partial charge in [-0.15, -0.1) is 0 Å². The van der Waals surface area contributed by atoms with Crippen LogP contribution in [0, 0.1) is 0 Å². The molecule has 0 aliphatic rings. The summed E-state index contributed by atoms with van der Waals surface area (Å²) in [4.78, 5) is 20.5. The molecule has 0 bridgehead atoms. The number of hydrogen-bond acceptors (Lipinski definition) is 2. The van der Waals surface area contributed by atoms with Crippen molar-refractivity contribution in [3.63, 3.8) is 0 Å². The molecule has 10 heavy (non-hydrogen) atoms. The number of carbonyl (C=O) groups is 1. The number of nitrogens with one attached hydrogen (secondary N) is 2. The third-order valence-electron chi connectivity index (χ3n) is 1.02. The maximum absolute atomic E-state index is 10.8. The summed E-state index contributed by atoms with van der Waals surface area (Å²) in [6.07, 6.45) is 1.45. The summed E-state index contributed by atoms with van der Waals surface area (Å²) in [7, 11) is 0. The van der Waals surface area contributed by atoms with E-state index in [1.807, 2.05) is 6.92 Å². The first kappa shape index (κ1) is 8.94. The van der Waals surface area contributed by atoms with E-state index in [1.54, 1.807) is 6.92 Å². The Morgan fingerprint density at radius 3 is 2.70 bits per heavy atom. The molecule has 4 heteroatoms. The highest BCUT2D eigenvalue weighted by atomic mass is 16.2. The molecule has 0 aromatic carbocycles. The Labute approximate surface area is 60.0 Å². The van der Waals surface area contributed by atoms with Gasteiger partial charge in [-0.2, -0.15) is 0 Å². The molecule has 1 atom stereocenters. The molecular formula is C6H11N2O2. The lowest BCUT2D eigenvalue weighted by atomic mass is 10.3. The molecule has 0 saturated heterocycles. The van der Waals surface area contributed by atoms with Gasteiger partial charge in [-0.3, -0.25) is 9.59 Å². The van der Waals surface area contributed by atoms with Crippen LogP contribution < -0.4 is 10.6 Å². The molecule has 2 amide bonds. The molecule has 0 fully saturated rings. The summed E-state index contributed by atoms with van der Waals surface area (Å²) in [5.74, 6) is -0.189. The van der Waals surface area contributed by atoms with Gasteiger partial charge in [0.2, 0.25) is 5.91 Å². The summed E-state index contributed by atoms with van der Waals surface area (Å²) in [6.45, 7) is 3.98. The zero-order valence-electron chi connectivity index (χ0n) is 6.10. The largest absolute Gasteiger partial charge is 0.355 e. The highest BCUT2D eigenvalue weighted by Crippen LogP contribution is 1.77. The van der Waals surface area contributed by atoms with Crippen LogP contribution in [0.5, 0.6) is 0 Å². The monoisotopic (exact) mass is 143 g/mol. The number of likely N-dealkylation sites (N-methyl/N-ethyl adjacent to an activating group) is 1. The minimum Gasteiger partial charge on any atom is -0.355 e. The van der Waals surface area contributed by atoms with Gasteiger partial charge in [0.25, 0.3) is 0 Å². The third kappa shape index (κ3) is 3.06. The summed E-state index contributed by atoms with van der Waals surface area (Å²) in [6, 6.07) is -0.488. The third-order valence-corrected chi connectivity index (χ3v) is 1.02. The van der Waals surface area contributed by atoms with Crippen molar-refractivity contribution in [3.05, 3.63) is 0 Å². The van der Waals surface area contributed by atoms with Crippen molar-refractivity contribution in [1.82, 2.24) is 10.6 Å². The number of carbonyl (C=O) groups excluding carboxylic acids is 2. The van der Waals surface area contributed by atoms with E-state index in [0.29, 0.717) is 6.54 Å². The molecule has 1 unspecified atom stereocenters. The Balaban J connectivity index is 3.58. The second kappa shape index (κ2) is 4.78. The molecule has 0 aromatic rings. The predicted octanol–water partition coefficient (Wildman–Crippen LogP) is -0.832. The van der Waals surface area contributed by atoms with E-state index in [1.165, 1.54) is 6.41 Å². The van der Waals surface area contributed by atoms with Crippen molar-refractivity contribution in [3.8, 4) is 0 Å². The van der Waals surface area contributed by atoms with Gasteiger partial charge in [0.15, 0.2) is 0 Å². The first-order valence-corrected chi connectivity index (χ1v) is 3.12. The quantitative estimate of drug-likeness (QED) is 0.504. The molecule has 0 aromatic heterocycles. The zero-order valence-corrected chi connectivity index (χ0v) is 6.10. The van der Waals surface area contributed by atoms with Gasteiger partial charge in [-0.1, -0.05) is 0 Å². The summed E-state index contributed by atoms with van der Waals surface area (Å²) >= 11 is 0. The van der Waals surface area contributed by atoms with Crippen LogP contribution in [0.15, 0.2) is 0 Å². The lowest BCUT2D eigenvalue weighted by Gasteiger charge is -2.07. The number of rotatable bonds is 4. The standard InChI is InChI=1S/C6H11N2O2/c1-3-7-6(10)5(2)8-4-9/h5H,3H2,1-2H3,(H,7,10)(H,8,9). The molecular weight excluding hydrogens is 132 g/mol. The van der Waals surface area contributed by atoms with Crippen LogP contribution in [-0.4, -0.2) is 24.9 Å². The average Bonchev–Trinajstić information content (AvgIpc) is 1.89. The normalized spacial score (nSPS) is 11.8. The maximum atomic E-state index is 10.8. The highest BCUT2D eigenvalue weighted by Gasteiger charge is 2.08. The fraction of sp³-hybridized carbons (Fsp3) is 0.667. The molecule has 1 radical (unpaired) electrons. The van der Waals surface area contributed by atoms with Crippen molar-refractivity contribution in [1.29, 1.82) is 0 Å². The Bertz CT molecular complexity index is 125. The fourth-order valence-electron chi connectivity index (χ4n) is 0.481. The molecule has 0 spiro atoms. The summed E-state index contributed by atoms with van der Waals surface area (Å²) in [5.41, 5.74) is 0. The Hall–Kier alpha value is -1.06. The van der Waals surface area contributed by atoms with Crippen LogP contribution in [0.3, 0.4) is 0 Å². The van der Waals surface area contributed by atoms with Crippen molar-refractivity contribution in [2.45, 2.75) is 19.9 Å². The molecule has 0 heterocycles. The van der Waals surface area contributed by atoms with Gasteiger partial charge >= 0.3 is 6.41 Å². The number of amides is 2. The Kier molecular flexibility index (Phi) is 4.28. The topological polar surface area (TPSA) is 58.2 Å². The van der Waals surface area contributed by atoms with Crippen LogP contribution in [0.1, 0.15) is 13.8 Å². The minimum absolute atomic E-state index is 0.189. The molecule has 0 saturated carbocycles. The zero-order chi connectivity index (χ0) is 7.98. The second-order valence-corrected chi connectivity index (χ2v) is 1.86. The second-order valence-electron chi connectivity index (χ2n) is 1.86. The lowest BCUT2D eigenvalue weighted by molar-refractivity contribution is -0.122. The molecule has 0 rings (SSSR count). The van der Waals surface area contributed by atoms with Gasteiger partial charge in [0, 0.05) is 6.54 Å². The van der Waals surface area contributed by atoms with Gasteiger partial charge in [-0.25, -0.2) is 0 Å². The number of hydrogen-bond donors (Lipinski definition) is 2. The lowest BCUT2D eigenvalue weighted by Crippen LogP contribution is -2.41. The Morgan fingerprint density at radius 1 is 1.70 bits per heavy atom. The van der Waals surface area contributed by atoms with Crippen LogP contribution >= 0.6 is 0 Å². The van der Waals surface area contributed by atoms with E-state index in [0.717, 1.165) is 0 Å². The predicted molar refractivity (Wildman–Crippen MR) is 37.0 cm³/mol. The van der Waals surface area contributed by atoms with E-state index in [4.69, 9.17) is 0 Å².